The van der Waals surface area contributed by atoms with Gasteiger partial charge in [0.15, 0.2) is 0 Å². The summed E-state index contributed by atoms with van der Waals surface area (Å²) in [5, 5.41) is 3.66. The fourth-order valence-electron chi connectivity index (χ4n) is 2.86. The van der Waals surface area contributed by atoms with E-state index in [0.717, 1.165) is 18.6 Å². The van der Waals surface area contributed by atoms with Crippen LogP contribution in [0.1, 0.15) is 18.4 Å². The van der Waals surface area contributed by atoms with Crippen LogP contribution in [-0.2, 0) is 6.54 Å². The van der Waals surface area contributed by atoms with Gasteiger partial charge >= 0.3 is 0 Å². The van der Waals surface area contributed by atoms with Crippen LogP contribution in [0.15, 0.2) is 30.3 Å². The van der Waals surface area contributed by atoms with Gasteiger partial charge < -0.3 is 5.32 Å². The van der Waals surface area contributed by atoms with E-state index in [1.54, 1.807) is 0 Å². The van der Waals surface area contributed by atoms with Crippen LogP contribution in [0.4, 0.5) is 0 Å². The number of hydrogen-bond donors (Lipinski definition) is 1. The summed E-state index contributed by atoms with van der Waals surface area (Å²) in [6.45, 7) is 3.58. The third-order valence-electron chi connectivity index (χ3n) is 3.54. The second-order valence-electron chi connectivity index (χ2n) is 4.82. The third kappa shape index (κ3) is 3.59. The van der Waals surface area contributed by atoms with Crippen molar-refractivity contribution in [3.63, 3.8) is 0 Å². The predicted molar refractivity (Wildman–Crippen MR) is 76.2 cm³/mol. The first-order valence-electron chi connectivity index (χ1n) is 5.92. The van der Waals surface area contributed by atoms with E-state index in [-0.39, 0.29) is 24.8 Å². The van der Waals surface area contributed by atoms with Crippen molar-refractivity contribution in [3.05, 3.63) is 35.9 Å². The van der Waals surface area contributed by atoms with Gasteiger partial charge in [-0.25, -0.2) is 0 Å². The van der Waals surface area contributed by atoms with Gasteiger partial charge in [0.1, 0.15) is 0 Å². The van der Waals surface area contributed by atoms with Gasteiger partial charge in [0.25, 0.3) is 0 Å². The zero-order valence-electron chi connectivity index (χ0n) is 9.84. The molecule has 0 unspecified atom stereocenters. The molecule has 0 aliphatic carbocycles. The Bertz CT molecular complexity index is 319. The standard InChI is InChI=1S/C13H18N2.2ClH/c1-2-4-11(5-3-1)8-15-9-12-6-7-13(10-15)14-12;;/h1-5,12-14H,6-10H2;2*1H/t12-,13+;;. The molecular weight excluding hydrogens is 255 g/mol. The van der Waals surface area contributed by atoms with Gasteiger partial charge in [0.05, 0.1) is 0 Å². The molecule has 2 atom stereocenters. The molecule has 4 heteroatoms. The second-order valence-corrected chi connectivity index (χ2v) is 4.82. The van der Waals surface area contributed by atoms with Crippen LogP contribution in [0.2, 0.25) is 0 Å². The Morgan fingerprint density at radius 3 is 2.18 bits per heavy atom. The molecule has 2 bridgehead atoms. The van der Waals surface area contributed by atoms with Crippen LogP contribution < -0.4 is 5.32 Å². The molecule has 0 amide bonds. The summed E-state index contributed by atoms with van der Waals surface area (Å²) >= 11 is 0. The van der Waals surface area contributed by atoms with Gasteiger partial charge in [-0.2, -0.15) is 0 Å². The molecule has 2 aliphatic rings. The van der Waals surface area contributed by atoms with E-state index < -0.39 is 0 Å². The van der Waals surface area contributed by atoms with Crippen LogP contribution >= 0.6 is 24.8 Å². The SMILES string of the molecule is Cl.Cl.c1ccc(CN2C[C@H]3CC[C@@H](C2)N3)cc1. The highest BCUT2D eigenvalue weighted by Crippen LogP contribution is 2.21. The first-order valence-corrected chi connectivity index (χ1v) is 5.92. The zero-order valence-corrected chi connectivity index (χ0v) is 11.5. The number of halogens is 2. The fourth-order valence-corrected chi connectivity index (χ4v) is 2.86. The predicted octanol–water partition coefficient (Wildman–Crippen LogP) is 2.47. The van der Waals surface area contributed by atoms with Gasteiger partial charge in [-0.05, 0) is 18.4 Å². The van der Waals surface area contributed by atoms with Gasteiger partial charge in [0, 0.05) is 31.7 Å². The summed E-state index contributed by atoms with van der Waals surface area (Å²) in [4.78, 5) is 2.59. The van der Waals surface area contributed by atoms with E-state index >= 15 is 0 Å². The molecule has 96 valence electrons. The molecule has 0 radical (unpaired) electrons. The quantitative estimate of drug-likeness (QED) is 0.892. The highest BCUT2D eigenvalue weighted by atomic mass is 35.5. The number of rotatable bonds is 2. The molecule has 0 spiro atoms. The Morgan fingerprint density at radius 2 is 1.59 bits per heavy atom. The van der Waals surface area contributed by atoms with Gasteiger partial charge in [-0.1, -0.05) is 30.3 Å². The minimum Gasteiger partial charge on any atom is -0.309 e. The maximum absolute atomic E-state index is 3.66. The lowest BCUT2D eigenvalue weighted by Crippen LogP contribution is -2.50. The summed E-state index contributed by atoms with van der Waals surface area (Å²) in [5.41, 5.74) is 1.44. The smallest absolute Gasteiger partial charge is 0.0235 e. The number of benzene rings is 1. The van der Waals surface area contributed by atoms with E-state index in [4.69, 9.17) is 0 Å². The molecule has 2 nitrogen and oxygen atoms in total. The molecule has 1 aromatic carbocycles. The number of nitrogens with zero attached hydrogens (tertiary/aromatic N) is 1. The first-order chi connectivity index (χ1) is 7.40. The van der Waals surface area contributed by atoms with Crippen LogP contribution in [0.3, 0.4) is 0 Å². The number of piperazine rings is 1. The maximum Gasteiger partial charge on any atom is 0.0235 e. The van der Waals surface area contributed by atoms with E-state index in [1.807, 2.05) is 0 Å². The molecule has 17 heavy (non-hydrogen) atoms. The van der Waals surface area contributed by atoms with Crippen molar-refractivity contribution in [3.8, 4) is 0 Å². The molecule has 0 saturated carbocycles. The molecule has 2 saturated heterocycles. The Morgan fingerprint density at radius 1 is 1.00 bits per heavy atom. The monoisotopic (exact) mass is 274 g/mol. The number of nitrogens with one attached hydrogen (secondary N) is 1. The second kappa shape index (κ2) is 6.60. The molecule has 2 heterocycles. The first kappa shape index (κ1) is 14.8. The Labute approximate surface area is 116 Å². The molecular formula is C13H20Cl2N2. The molecule has 2 aliphatic heterocycles. The van der Waals surface area contributed by atoms with Crippen LogP contribution in [0.25, 0.3) is 0 Å². The lowest BCUT2D eigenvalue weighted by atomic mass is 10.1. The summed E-state index contributed by atoms with van der Waals surface area (Å²) in [6, 6.07) is 12.3. The fraction of sp³-hybridized carbons (Fsp3) is 0.538. The largest absolute Gasteiger partial charge is 0.309 e. The van der Waals surface area contributed by atoms with E-state index in [9.17, 15) is 0 Å². The van der Waals surface area contributed by atoms with Crippen LogP contribution in [-0.4, -0.2) is 30.1 Å². The topological polar surface area (TPSA) is 15.3 Å². The number of hydrogen-bond acceptors (Lipinski definition) is 2. The normalized spacial score (nSPS) is 27.1. The average Bonchev–Trinajstić information content (AvgIpc) is 2.60. The van der Waals surface area contributed by atoms with E-state index in [1.165, 1.54) is 31.5 Å². The van der Waals surface area contributed by atoms with E-state index in [0.29, 0.717) is 0 Å². The van der Waals surface area contributed by atoms with Crippen molar-refractivity contribution in [2.75, 3.05) is 13.1 Å². The molecule has 1 aromatic rings. The van der Waals surface area contributed by atoms with Gasteiger partial charge in [-0.3, -0.25) is 4.90 Å². The van der Waals surface area contributed by atoms with Crippen molar-refractivity contribution in [1.82, 2.24) is 10.2 Å². The average molecular weight is 275 g/mol. The lowest BCUT2D eigenvalue weighted by Gasteiger charge is -2.32. The third-order valence-corrected chi connectivity index (χ3v) is 3.54. The van der Waals surface area contributed by atoms with E-state index in [2.05, 4.69) is 40.5 Å². The molecule has 3 rings (SSSR count). The Balaban J connectivity index is 0.000000722. The van der Waals surface area contributed by atoms with Crippen molar-refractivity contribution < 1.29 is 0 Å². The van der Waals surface area contributed by atoms with Crippen LogP contribution in [0.5, 0.6) is 0 Å². The minimum atomic E-state index is 0. The molecule has 0 aromatic heterocycles. The molecule has 2 fully saturated rings. The summed E-state index contributed by atoms with van der Waals surface area (Å²) in [5.74, 6) is 0. The van der Waals surface area contributed by atoms with Gasteiger partial charge in [-0.15, -0.1) is 24.8 Å². The van der Waals surface area contributed by atoms with Crippen molar-refractivity contribution in [2.45, 2.75) is 31.5 Å². The summed E-state index contributed by atoms with van der Waals surface area (Å²) in [6.07, 6.45) is 2.74. The maximum atomic E-state index is 3.66. The highest BCUT2D eigenvalue weighted by molar-refractivity contribution is 5.85. The Kier molecular flexibility index (Phi) is 5.74. The zero-order chi connectivity index (χ0) is 10.1. The summed E-state index contributed by atoms with van der Waals surface area (Å²) < 4.78 is 0. The lowest BCUT2D eigenvalue weighted by molar-refractivity contribution is 0.189. The highest BCUT2D eigenvalue weighted by Gasteiger charge is 2.31. The van der Waals surface area contributed by atoms with Crippen molar-refractivity contribution >= 4 is 24.8 Å². The number of likely N-dealkylation sites (tertiary alicyclic amines) is 1. The van der Waals surface area contributed by atoms with Crippen molar-refractivity contribution in [1.29, 1.82) is 0 Å². The molecule has 1 N–H and O–H groups in total. The van der Waals surface area contributed by atoms with Crippen LogP contribution in [0, 0.1) is 0 Å². The minimum absolute atomic E-state index is 0. The Hall–Kier alpha value is -0.280. The van der Waals surface area contributed by atoms with Crippen molar-refractivity contribution in [2.24, 2.45) is 0 Å². The summed E-state index contributed by atoms with van der Waals surface area (Å²) in [7, 11) is 0. The van der Waals surface area contributed by atoms with Gasteiger partial charge in [0.2, 0.25) is 0 Å². The number of fused-ring (bicyclic) bond motifs is 2.